The maximum absolute atomic E-state index is 11.9. The van der Waals surface area contributed by atoms with E-state index in [4.69, 9.17) is 19.3 Å². The molecule has 2 rings (SSSR count). The van der Waals surface area contributed by atoms with E-state index in [1.165, 1.54) is 13.8 Å². The molecule has 0 radical (unpaired) electrons. The molecule has 1 heterocycles. The Bertz CT molecular complexity index is 645. The average Bonchev–Trinajstić information content (AvgIpc) is 2.65. The van der Waals surface area contributed by atoms with Crippen LogP contribution in [-0.2, 0) is 30.4 Å². The van der Waals surface area contributed by atoms with E-state index in [1.54, 1.807) is 12.1 Å². The number of carbonyl (C=O) groups excluding carboxylic acids is 1. The van der Waals surface area contributed by atoms with E-state index in [-0.39, 0.29) is 6.61 Å². The molecular formula is C18H24O9. The number of carbonyl (C=O) groups is 2. The lowest BCUT2D eigenvalue weighted by Gasteiger charge is -2.40. The summed E-state index contributed by atoms with van der Waals surface area (Å²) in [5.41, 5.74) is -0.971. The van der Waals surface area contributed by atoms with Gasteiger partial charge in [0.1, 0.15) is 31.0 Å². The fraction of sp³-hybridized carbons (Fsp3) is 0.556. The molecule has 1 aliphatic rings. The zero-order valence-electron chi connectivity index (χ0n) is 15.0. The number of carboxylic acids is 1. The van der Waals surface area contributed by atoms with Crippen LogP contribution in [0.1, 0.15) is 19.4 Å². The van der Waals surface area contributed by atoms with Crippen molar-refractivity contribution >= 4 is 11.9 Å². The van der Waals surface area contributed by atoms with Gasteiger partial charge in [0.2, 0.25) is 0 Å². The van der Waals surface area contributed by atoms with Gasteiger partial charge < -0.3 is 34.6 Å². The largest absolute Gasteiger partial charge is 0.480 e. The van der Waals surface area contributed by atoms with E-state index in [0.717, 1.165) is 5.56 Å². The molecule has 0 aromatic heterocycles. The second-order valence-corrected chi connectivity index (χ2v) is 6.84. The summed E-state index contributed by atoms with van der Waals surface area (Å²) >= 11 is 0. The van der Waals surface area contributed by atoms with Crippen molar-refractivity contribution in [3.8, 4) is 0 Å². The molecule has 1 saturated heterocycles. The highest BCUT2D eigenvalue weighted by atomic mass is 16.7. The summed E-state index contributed by atoms with van der Waals surface area (Å²) in [6.07, 6.45) is -7.10. The smallest absolute Gasteiger partial charge is 0.322 e. The second-order valence-electron chi connectivity index (χ2n) is 6.84. The van der Waals surface area contributed by atoms with Crippen LogP contribution in [0.4, 0.5) is 0 Å². The van der Waals surface area contributed by atoms with Crippen LogP contribution in [0.5, 0.6) is 0 Å². The lowest BCUT2D eigenvalue weighted by atomic mass is 9.94. The van der Waals surface area contributed by atoms with Crippen LogP contribution in [0.2, 0.25) is 0 Å². The molecule has 0 spiro atoms. The molecule has 0 aliphatic carbocycles. The van der Waals surface area contributed by atoms with E-state index in [9.17, 15) is 24.9 Å². The molecule has 150 valence electrons. The van der Waals surface area contributed by atoms with E-state index < -0.39 is 54.7 Å². The van der Waals surface area contributed by atoms with Crippen LogP contribution in [0.15, 0.2) is 30.3 Å². The fourth-order valence-corrected chi connectivity index (χ4v) is 2.37. The summed E-state index contributed by atoms with van der Waals surface area (Å²) in [5.74, 6) is -2.38. The Kier molecular flexibility index (Phi) is 6.90. The van der Waals surface area contributed by atoms with Gasteiger partial charge in [0, 0.05) is 0 Å². The number of aliphatic carboxylic acids is 1. The number of aliphatic hydroxyl groups is 3. The molecule has 1 aliphatic heterocycles. The van der Waals surface area contributed by atoms with Crippen molar-refractivity contribution in [2.45, 2.75) is 51.2 Å². The lowest BCUT2D eigenvalue weighted by Crippen LogP contribution is -2.59. The quantitative estimate of drug-likeness (QED) is 0.367. The van der Waals surface area contributed by atoms with Crippen molar-refractivity contribution in [1.29, 1.82) is 0 Å². The summed E-state index contributed by atoms with van der Waals surface area (Å²) in [6, 6.07) is 9.05. The van der Waals surface area contributed by atoms with E-state index >= 15 is 0 Å². The van der Waals surface area contributed by atoms with Crippen LogP contribution < -0.4 is 0 Å². The maximum atomic E-state index is 11.9. The number of hydrogen-bond acceptors (Lipinski definition) is 8. The van der Waals surface area contributed by atoms with Gasteiger partial charge in [-0.05, 0) is 19.4 Å². The Balaban J connectivity index is 1.97. The van der Waals surface area contributed by atoms with Crippen molar-refractivity contribution in [3.63, 3.8) is 0 Å². The summed E-state index contributed by atoms with van der Waals surface area (Å²) in [6.45, 7) is 1.94. The Morgan fingerprint density at radius 2 is 1.70 bits per heavy atom. The average molecular weight is 384 g/mol. The number of benzene rings is 1. The topological polar surface area (TPSA) is 143 Å². The second kappa shape index (κ2) is 8.77. The molecule has 0 saturated carbocycles. The van der Waals surface area contributed by atoms with E-state index in [0.29, 0.717) is 0 Å². The predicted molar refractivity (Wildman–Crippen MR) is 90.3 cm³/mol. The first-order valence-electron chi connectivity index (χ1n) is 8.40. The van der Waals surface area contributed by atoms with Gasteiger partial charge in [0.05, 0.1) is 6.61 Å². The molecule has 5 atom stereocenters. The maximum Gasteiger partial charge on any atom is 0.322 e. The molecule has 1 aromatic carbocycles. The van der Waals surface area contributed by atoms with Gasteiger partial charge in [0.25, 0.3) is 0 Å². The van der Waals surface area contributed by atoms with Crippen LogP contribution in [0.3, 0.4) is 0 Å². The summed E-state index contributed by atoms with van der Waals surface area (Å²) in [7, 11) is 0. The van der Waals surface area contributed by atoms with Crippen molar-refractivity contribution in [2.75, 3.05) is 6.61 Å². The molecule has 0 amide bonds. The number of aliphatic hydroxyl groups excluding tert-OH is 3. The van der Waals surface area contributed by atoms with Crippen LogP contribution in [0.25, 0.3) is 0 Å². The molecule has 4 N–H and O–H groups in total. The Hall–Kier alpha value is -2.04. The predicted octanol–water partition coefficient (Wildman–Crippen LogP) is -0.335. The number of esters is 1. The van der Waals surface area contributed by atoms with Crippen LogP contribution >= 0.6 is 0 Å². The normalized spacial score (nSPS) is 28.6. The summed E-state index contributed by atoms with van der Waals surface area (Å²) in [4.78, 5) is 23.0. The lowest BCUT2D eigenvalue weighted by molar-refractivity contribution is -0.305. The van der Waals surface area contributed by atoms with Crippen molar-refractivity contribution in [3.05, 3.63) is 35.9 Å². The van der Waals surface area contributed by atoms with Gasteiger partial charge in [-0.15, -0.1) is 0 Å². The molecule has 1 aromatic rings. The highest BCUT2D eigenvalue weighted by molar-refractivity contribution is 5.98. The van der Waals surface area contributed by atoms with Gasteiger partial charge in [0.15, 0.2) is 11.7 Å². The molecule has 9 nitrogen and oxygen atoms in total. The molecule has 27 heavy (non-hydrogen) atoms. The molecule has 0 bridgehead atoms. The molecular weight excluding hydrogens is 360 g/mol. The third-order valence-electron chi connectivity index (χ3n) is 4.35. The molecule has 0 unspecified atom stereocenters. The molecule has 9 heteroatoms. The summed E-state index contributed by atoms with van der Waals surface area (Å²) < 4.78 is 15.8. The Labute approximate surface area is 156 Å². The first-order valence-corrected chi connectivity index (χ1v) is 8.40. The fourth-order valence-electron chi connectivity index (χ4n) is 2.37. The third-order valence-corrected chi connectivity index (χ3v) is 4.35. The minimum absolute atomic E-state index is 0.0872. The summed E-state index contributed by atoms with van der Waals surface area (Å²) in [5, 5.41) is 39.1. The first-order chi connectivity index (χ1) is 12.6. The third kappa shape index (κ3) is 5.02. The standard InChI is InChI=1S/C18H24O9/c1-18(2,16(22)23)17(24)26-9-11-12(19)13(20)14(21)15(27-11)25-8-10-6-4-3-5-7-10/h3-7,11-15,19-21H,8-9H2,1-2H3,(H,22,23)/t11-,12-,13+,14-,15-/m1/s1. The van der Waals surface area contributed by atoms with Crippen molar-refractivity contribution in [2.24, 2.45) is 5.41 Å². The zero-order chi connectivity index (χ0) is 20.2. The SMILES string of the molecule is CC(C)(C(=O)O)C(=O)OC[C@H]1O[C@@H](OCc2ccccc2)[C@H](O)[C@@H](O)[C@@H]1O. The van der Waals surface area contributed by atoms with Gasteiger partial charge in [-0.2, -0.15) is 0 Å². The highest BCUT2D eigenvalue weighted by Gasteiger charge is 2.46. The molecule has 1 fully saturated rings. The van der Waals surface area contributed by atoms with Gasteiger partial charge in [-0.25, -0.2) is 0 Å². The van der Waals surface area contributed by atoms with Crippen LogP contribution in [-0.4, -0.2) is 69.7 Å². The minimum Gasteiger partial charge on any atom is -0.480 e. The van der Waals surface area contributed by atoms with E-state index in [2.05, 4.69) is 0 Å². The van der Waals surface area contributed by atoms with Gasteiger partial charge >= 0.3 is 11.9 Å². The van der Waals surface area contributed by atoms with Gasteiger partial charge in [-0.3, -0.25) is 9.59 Å². The van der Waals surface area contributed by atoms with Crippen LogP contribution in [0, 0.1) is 5.41 Å². The highest BCUT2D eigenvalue weighted by Crippen LogP contribution is 2.24. The Morgan fingerprint density at radius 1 is 1.07 bits per heavy atom. The Morgan fingerprint density at radius 3 is 2.30 bits per heavy atom. The number of ether oxygens (including phenoxy) is 3. The number of carboxylic acid groups (broad SMARTS) is 1. The van der Waals surface area contributed by atoms with Crippen molar-refractivity contribution in [1.82, 2.24) is 0 Å². The number of hydrogen-bond donors (Lipinski definition) is 4. The minimum atomic E-state index is -1.78. The first kappa shape index (κ1) is 21.3. The van der Waals surface area contributed by atoms with Crippen molar-refractivity contribution < 1.29 is 44.2 Å². The van der Waals surface area contributed by atoms with E-state index in [1.807, 2.05) is 18.2 Å². The zero-order valence-corrected chi connectivity index (χ0v) is 15.0. The van der Waals surface area contributed by atoms with Gasteiger partial charge in [-0.1, -0.05) is 30.3 Å². The number of rotatable bonds is 7. The monoisotopic (exact) mass is 384 g/mol.